The summed E-state index contributed by atoms with van der Waals surface area (Å²) in [5.41, 5.74) is 1.40. The molecule has 0 unspecified atom stereocenters. The molecule has 2 N–H and O–H groups in total. The second kappa shape index (κ2) is 5.27. The van der Waals surface area contributed by atoms with E-state index >= 15 is 0 Å². The molecule has 0 aromatic carbocycles. The average molecular weight is 242 g/mol. The number of hydrogen-bond acceptors (Lipinski definition) is 4. The zero-order valence-corrected chi connectivity index (χ0v) is 10.3. The molecule has 0 spiro atoms. The third kappa shape index (κ3) is 2.82. The van der Waals surface area contributed by atoms with Crippen LogP contribution in [0.5, 0.6) is 0 Å². The summed E-state index contributed by atoms with van der Waals surface area (Å²) >= 11 is 0. The van der Waals surface area contributed by atoms with Gasteiger partial charge < -0.3 is 10.6 Å². The van der Waals surface area contributed by atoms with E-state index in [1.54, 1.807) is 37.5 Å². The molecule has 1 amide bonds. The number of nitrogens with zero attached hydrogens (tertiary/aromatic N) is 2. The second-order valence-electron chi connectivity index (χ2n) is 3.83. The van der Waals surface area contributed by atoms with Crippen LogP contribution >= 0.6 is 0 Å². The number of amides is 1. The molecule has 0 fully saturated rings. The summed E-state index contributed by atoms with van der Waals surface area (Å²) in [6, 6.07) is 8.87. The van der Waals surface area contributed by atoms with E-state index in [9.17, 15) is 4.79 Å². The van der Waals surface area contributed by atoms with Gasteiger partial charge in [-0.25, -0.2) is 9.97 Å². The monoisotopic (exact) mass is 242 g/mol. The van der Waals surface area contributed by atoms with E-state index < -0.39 is 0 Å². The molecule has 2 rings (SSSR count). The lowest BCUT2D eigenvalue weighted by atomic mass is 10.3. The van der Waals surface area contributed by atoms with E-state index in [2.05, 4.69) is 20.6 Å². The number of carbonyl (C=O) groups is 1. The number of nitrogens with one attached hydrogen (secondary N) is 2. The van der Waals surface area contributed by atoms with Crippen LogP contribution in [-0.2, 0) is 0 Å². The van der Waals surface area contributed by atoms with Gasteiger partial charge in [-0.2, -0.15) is 0 Å². The average Bonchev–Trinajstić information content (AvgIpc) is 2.41. The van der Waals surface area contributed by atoms with Gasteiger partial charge in [-0.3, -0.25) is 4.79 Å². The maximum absolute atomic E-state index is 11.9. The molecule has 0 aliphatic heterocycles. The molecule has 0 atom stereocenters. The number of hydrogen-bond donors (Lipinski definition) is 2. The van der Waals surface area contributed by atoms with Crippen LogP contribution in [0.3, 0.4) is 0 Å². The molecule has 0 aliphatic rings. The highest BCUT2D eigenvalue weighted by atomic mass is 16.1. The first-order valence-corrected chi connectivity index (χ1v) is 5.58. The van der Waals surface area contributed by atoms with Crippen molar-refractivity contribution >= 4 is 17.5 Å². The molecule has 18 heavy (non-hydrogen) atoms. The van der Waals surface area contributed by atoms with Crippen molar-refractivity contribution in [2.24, 2.45) is 0 Å². The highest BCUT2D eigenvalue weighted by Gasteiger charge is 2.08. The molecule has 0 aliphatic carbocycles. The predicted octanol–water partition coefficient (Wildman–Crippen LogP) is 2.08. The molecular weight excluding hydrogens is 228 g/mol. The first-order chi connectivity index (χ1) is 8.69. The molecule has 2 aromatic rings. The zero-order valence-electron chi connectivity index (χ0n) is 10.3. The van der Waals surface area contributed by atoms with Crippen molar-refractivity contribution in [3.63, 3.8) is 0 Å². The van der Waals surface area contributed by atoms with Crippen molar-refractivity contribution in [1.82, 2.24) is 9.97 Å². The Balaban J connectivity index is 2.14. The zero-order chi connectivity index (χ0) is 13.0. The molecule has 0 bridgehead atoms. The van der Waals surface area contributed by atoms with Gasteiger partial charge >= 0.3 is 0 Å². The number of rotatable bonds is 3. The van der Waals surface area contributed by atoms with Gasteiger partial charge in [-0.15, -0.1) is 0 Å². The second-order valence-corrected chi connectivity index (χ2v) is 3.83. The van der Waals surface area contributed by atoms with Gasteiger partial charge in [0.05, 0.1) is 0 Å². The summed E-state index contributed by atoms with van der Waals surface area (Å²) in [5.74, 6) is 0.894. The molecular formula is C13H14N4O. The normalized spacial score (nSPS) is 9.89. The number of aromatic nitrogens is 2. The van der Waals surface area contributed by atoms with Crippen LogP contribution in [0.25, 0.3) is 0 Å². The molecule has 5 nitrogen and oxygen atoms in total. The summed E-state index contributed by atoms with van der Waals surface area (Å²) < 4.78 is 0. The Kier molecular flexibility index (Phi) is 3.52. The Labute approximate surface area is 105 Å². The maximum atomic E-state index is 11.9. The van der Waals surface area contributed by atoms with E-state index in [0.717, 1.165) is 5.56 Å². The van der Waals surface area contributed by atoms with E-state index in [0.29, 0.717) is 17.3 Å². The largest absolute Gasteiger partial charge is 0.373 e. The Morgan fingerprint density at radius 3 is 2.67 bits per heavy atom. The summed E-state index contributed by atoms with van der Waals surface area (Å²) in [6.07, 6.45) is 1.70. The fourth-order valence-electron chi connectivity index (χ4n) is 1.42. The highest BCUT2D eigenvalue weighted by molar-refractivity contribution is 6.02. The van der Waals surface area contributed by atoms with Crippen LogP contribution < -0.4 is 10.6 Å². The lowest BCUT2D eigenvalue weighted by molar-refractivity contribution is 0.102. The minimum Gasteiger partial charge on any atom is -0.373 e. The third-order valence-electron chi connectivity index (χ3n) is 2.39. The standard InChI is InChI=1S/C13H14N4O/c1-9-6-7-12(15-8-9)17-13(18)10-4-3-5-11(14-2)16-10/h3-8H,1-2H3,(H,14,16)(H,15,17,18). The SMILES string of the molecule is CNc1cccc(C(=O)Nc2ccc(C)cn2)n1. The number of pyridine rings is 2. The van der Waals surface area contributed by atoms with Gasteiger partial charge in [0.25, 0.3) is 5.91 Å². The van der Waals surface area contributed by atoms with Gasteiger partial charge in [0.15, 0.2) is 0 Å². The fourth-order valence-corrected chi connectivity index (χ4v) is 1.42. The molecule has 2 aromatic heterocycles. The van der Waals surface area contributed by atoms with Crippen molar-refractivity contribution in [2.75, 3.05) is 17.7 Å². The van der Waals surface area contributed by atoms with Crippen LogP contribution in [0.15, 0.2) is 36.5 Å². The van der Waals surface area contributed by atoms with Gasteiger partial charge in [-0.05, 0) is 30.7 Å². The molecule has 2 heterocycles. The number of aryl methyl sites for hydroxylation is 1. The van der Waals surface area contributed by atoms with Gasteiger partial charge in [0.2, 0.25) is 0 Å². The van der Waals surface area contributed by atoms with Crippen LogP contribution in [-0.4, -0.2) is 22.9 Å². The quantitative estimate of drug-likeness (QED) is 0.864. The van der Waals surface area contributed by atoms with Gasteiger partial charge in [0.1, 0.15) is 17.3 Å². The summed E-state index contributed by atoms with van der Waals surface area (Å²) in [6.45, 7) is 1.94. The fraction of sp³-hybridized carbons (Fsp3) is 0.154. The van der Waals surface area contributed by atoms with E-state index in [1.807, 2.05) is 13.0 Å². The van der Waals surface area contributed by atoms with Crippen molar-refractivity contribution in [3.8, 4) is 0 Å². The van der Waals surface area contributed by atoms with Crippen LogP contribution in [0, 0.1) is 6.92 Å². The molecule has 5 heteroatoms. The lowest BCUT2D eigenvalue weighted by Gasteiger charge is -2.05. The Morgan fingerprint density at radius 1 is 1.17 bits per heavy atom. The Morgan fingerprint density at radius 2 is 2.00 bits per heavy atom. The Hall–Kier alpha value is -2.43. The van der Waals surface area contributed by atoms with E-state index in [-0.39, 0.29) is 5.91 Å². The number of carbonyl (C=O) groups excluding carboxylic acids is 1. The smallest absolute Gasteiger partial charge is 0.275 e. The van der Waals surface area contributed by atoms with Gasteiger partial charge in [-0.1, -0.05) is 12.1 Å². The summed E-state index contributed by atoms with van der Waals surface area (Å²) in [4.78, 5) is 20.2. The summed E-state index contributed by atoms with van der Waals surface area (Å²) in [5, 5.41) is 5.58. The minimum atomic E-state index is -0.275. The molecule has 92 valence electrons. The topological polar surface area (TPSA) is 66.9 Å². The first-order valence-electron chi connectivity index (χ1n) is 5.58. The van der Waals surface area contributed by atoms with Crippen molar-refractivity contribution < 1.29 is 4.79 Å². The Bertz CT molecular complexity index is 551. The van der Waals surface area contributed by atoms with Crippen molar-refractivity contribution in [2.45, 2.75) is 6.92 Å². The van der Waals surface area contributed by atoms with Crippen molar-refractivity contribution in [1.29, 1.82) is 0 Å². The van der Waals surface area contributed by atoms with E-state index in [4.69, 9.17) is 0 Å². The van der Waals surface area contributed by atoms with Gasteiger partial charge in [0, 0.05) is 13.2 Å². The molecule has 0 saturated heterocycles. The highest BCUT2D eigenvalue weighted by Crippen LogP contribution is 2.08. The van der Waals surface area contributed by atoms with Crippen LogP contribution in [0.2, 0.25) is 0 Å². The summed E-state index contributed by atoms with van der Waals surface area (Å²) in [7, 11) is 1.76. The van der Waals surface area contributed by atoms with Crippen molar-refractivity contribution in [3.05, 3.63) is 47.8 Å². The molecule has 0 radical (unpaired) electrons. The van der Waals surface area contributed by atoms with E-state index in [1.165, 1.54) is 0 Å². The van der Waals surface area contributed by atoms with Crippen LogP contribution in [0.1, 0.15) is 16.1 Å². The third-order valence-corrected chi connectivity index (χ3v) is 2.39. The molecule has 0 saturated carbocycles. The lowest BCUT2D eigenvalue weighted by Crippen LogP contribution is -2.15. The maximum Gasteiger partial charge on any atom is 0.275 e. The predicted molar refractivity (Wildman–Crippen MR) is 70.7 cm³/mol. The van der Waals surface area contributed by atoms with Crippen LogP contribution in [0.4, 0.5) is 11.6 Å². The first kappa shape index (κ1) is 12.0. The number of anilines is 2. The minimum absolute atomic E-state index is 0.275.